The Hall–Kier alpha value is -3.92. The number of Topliss-reactive ketones (excluding diaryl/α,β-unsaturated/α-hetero) is 1. The number of hydrogen-bond acceptors (Lipinski definition) is 5. The molecule has 3 aliphatic heterocycles. The summed E-state index contributed by atoms with van der Waals surface area (Å²) in [6, 6.07) is 14.7. The molecule has 3 aliphatic rings. The molecule has 0 N–H and O–H groups in total. The highest BCUT2D eigenvalue weighted by Crippen LogP contribution is 2.51. The summed E-state index contributed by atoms with van der Waals surface area (Å²) >= 11 is 3.39. The molecule has 0 spiro atoms. The fourth-order valence-electron chi connectivity index (χ4n) is 5.95. The van der Waals surface area contributed by atoms with Crippen LogP contribution in [0.4, 0.5) is 24.5 Å². The van der Waals surface area contributed by atoms with E-state index in [1.54, 1.807) is 35.2 Å². The van der Waals surface area contributed by atoms with E-state index in [2.05, 4.69) is 15.9 Å². The highest BCUT2D eigenvalue weighted by Gasteiger charge is 2.64. The first-order chi connectivity index (χ1) is 18.6. The Morgan fingerprint density at radius 2 is 1.59 bits per heavy atom. The molecule has 3 heterocycles. The topological polar surface area (TPSA) is 66.9 Å². The molecule has 0 aromatic heterocycles. The van der Waals surface area contributed by atoms with Gasteiger partial charge >= 0.3 is 6.18 Å². The lowest BCUT2D eigenvalue weighted by atomic mass is 9.86. The van der Waals surface area contributed by atoms with Crippen LogP contribution in [0.25, 0.3) is 6.08 Å². The second kappa shape index (κ2) is 9.08. The van der Waals surface area contributed by atoms with Gasteiger partial charge in [-0.05, 0) is 57.9 Å². The first kappa shape index (κ1) is 25.4. The third-order valence-corrected chi connectivity index (χ3v) is 8.19. The predicted molar refractivity (Wildman–Crippen MR) is 141 cm³/mol. The average Bonchev–Trinajstić information content (AvgIpc) is 3.40. The van der Waals surface area contributed by atoms with E-state index in [9.17, 15) is 27.6 Å². The maximum atomic E-state index is 14.1. The van der Waals surface area contributed by atoms with Gasteiger partial charge in [-0.3, -0.25) is 14.4 Å². The third-order valence-electron chi connectivity index (χ3n) is 7.57. The van der Waals surface area contributed by atoms with Crippen LogP contribution in [0.15, 0.2) is 77.3 Å². The number of methoxy groups -OCH3 is 1. The average molecular weight is 597 g/mol. The number of ketones is 1. The van der Waals surface area contributed by atoms with Crippen molar-refractivity contribution in [3.8, 4) is 5.75 Å². The Bertz CT molecular complexity index is 1570. The molecule has 39 heavy (non-hydrogen) atoms. The highest BCUT2D eigenvalue weighted by atomic mass is 79.9. The molecule has 3 aromatic carbocycles. The number of para-hydroxylation sites is 2. The second-order valence-electron chi connectivity index (χ2n) is 9.55. The Balaban J connectivity index is 1.50. The predicted octanol–water partition coefficient (Wildman–Crippen LogP) is 5.75. The Kier molecular flexibility index (Phi) is 5.91. The fourth-order valence-corrected chi connectivity index (χ4v) is 6.49. The first-order valence-corrected chi connectivity index (χ1v) is 12.9. The molecule has 2 saturated heterocycles. The van der Waals surface area contributed by atoms with Crippen molar-refractivity contribution in [1.82, 2.24) is 0 Å². The van der Waals surface area contributed by atoms with E-state index >= 15 is 0 Å². The molecule has 0 bridgehead atoms. The van der Waals surface area contributed by atoms with E-state index in [1.165, 1.54) is 19.2 Å². The van der Waals surface area contributed by atoms with Gasteiger partial charge in [0.15, 0.2) is 5.78 Å². The number of anilines is 2. The van der Waals surface area contributed by atoms with Gasteiger partial charge < -0.3 is 9.64 Å². The number of ether oxygens (including phenoxy) is 1. The van der Waals surface area contributed by atoms with Gasteiger partial charge in [0.05, 0.1) is 40.7 Å². The lowest BCUT2D eigenvalue weighted by Gasteiger charge is -2.36. The summed E-state index contributed by atoms with van der Waals surface area (Å²) < 4.78 is 47.4. The van der Waals surface area contributed by atoms with Crippen LogP contribution < -0.4 is 14.5 Å². The van der Waals surface area contributed by atoms with Crippen LogP contribution in [-0.4, -0.2) is 36.8 Å². The quantitative estimate of drug-likeness (QED) is 0.283. The normalized spacial score (nSPS) is 23.5. The van der Waals surface area contributed by atoms with Crippen molar-refractivity contribution in [2.75, 3.05) is 16.9 Å². The van der Waals surface area contributed by atoms with Crippen LogP contribution in [0.1, 0.15) is 21.5 Å². The molecule has 0 saturated carbocycles. The molecule has 6 rings (SSSR count). The standard InChI is InChI=1S/C29H20BrF3N2O4/c1-39-22-13-11-16(14-18(22)30)26(36)25-24-23(21-12-10-15-6-2-4-8-19(15)34(21)25)27(37)35(28(24)38)20-9-5-3-7-17(20)29(31,32)33/h2-14,21,23-25H,1H3/t21-,23+,24-,25+/m1/s1. The molecule has 0 aliphatic carbocycles. The van der Waals surface area contributed by atoms with Gasteiger partial charge in [-0.15, -0.1) is 0 Å². The van der Waals surface area contributed by atoms with Gasteiger partial charge in [-0.1, -0.05) is 42.5 Å². The van der Waals surface area contributed by atoms with Crippen LogP contribution in [-0.2, 0) is 15.8 Å². The zero-order valence-corrected chi connectivity index (χ0v) is 21.9. The van der Waals surface area contributed by atoms with Gasteiger partial charge in [0.25, 0.3) is 0 Å². The fraction of sp³-hybridized carbons (Fsp3) is 0.207. The lowest BCUT2D eigenvalue weighted by molar-refractivity contribution is -0.137. The van der Waals surface area contributed by atoms with Gasteiger partial charge in [-0.25, -0.2) is 4.90 Å². The minimum Gasteiger partial charge on any atom is -0.496 e. The summed E-state index contributed by atoms with van der Waals surface area (Å²) in [7, 11) is 1.49. The van der Waals surface area contributed by atoms with Crippen molar-refractivity contribution >= 4 is 51.0 Å². The monoisotopic (exact) mass is 596 g/mol. The molecule has 0 radical (unpaired) electrons. The zero-order chi connectivity index (χ0) is 27.6. The van der Waals surface area contributed by atoms with Gasteiger partial charge in [0.2, 0.25) is 11.8 Å². The van der Waals surface area contributed by atoms with E-state index in [0.717, 1.165) is 17.7 Å². The number of carbonyl (C=O) groups is 3. The molecule has 2 amide bonds. The lowest BCUT2D eigenvalue weighted by Crippen LogP contribution is -2.49. The van der Waals surface area contributed by atoms with Crippen molar-refractivity contribution in [3.63, 3.8) is 0 Å². The SMILES string of the molecule is COc1ccc(C(=O)[C@@H]2[C@@H]3C(=O)N(c4ccccc4C(F)(F)F)C(=O)[C@H]3[C@H]3C=Cc4ccccc4N32)cc1Br. The maximum absolute atomic E-state index is 14.1. The highest BCUT2D eigenvalue weighted by molar-refractivity contribution is 9.10. The largest absolute Gasteiger partial charge is 0.496 e. The van der Waals surface area contributed by atoms with E-state index in [0.29, 0.717) is 20.8 Å². The van der Waals surface area contributed by atoms with Crippen molar-refractivity contribution in [2.24, 2.45) is 11.8 Å². The van der Waals surface area contributed by atoms with E-state index in [4.69, 9.17) is 4.74 Å². The van der Waals surface area contributed by atoms with Gasteiger partial charge in [-0.2, -0.15) is 13.2 Å². The number of rotatable bonds is 4. The molecule has 3 aromatic rings. The molecule has 6 nitrogen and oxygen atoms in total. The molecule has 198 valence electrons. The van der Waals surface area contributed by atoms with Crippen LogP contribution in [0.3, 0.4) is 0 Å². The van der Waals surface area contributed by atoms with Crippen LogP contribution in [0, 0.1) is 11.8 Å². The number of fused-ring (bicyclic) bond motifs is 5. The van der Waals surface area contributed by atoms with E-state index < -0.39 is 58.9 Å². The van der Waals surface area contributed by atoms with E-state index in [-0.39, 0.29) is 5.56 Å². The molecular formula is C29H20BrF3N2O4. The van der Waals surface area contributed by atoms with Gasteiger partial charge in [0, 0.05) is 11.3 Å². The molecule has 2 fully saturated rings. The van der Waals surface area contributed by atoms with E-state index in [1.807, 2.05) is 24.3 Å². The number of halogens is 4. The number of nitrogens with zero attached hydrogens (tertiary/aromatic N) is 2. The number of alkyl halides is 3. The summed E-state index contributed by atoms with van der Waals surface area (Å²) in [6.45, 7) is 0. The van der Waals surface area contributed by atoms with Gasteiger partial charge in [0.1, 0.15) is 11.8 Å². The Labute approximate surface area is 229 Å². The molecule has 0 unspecified atom stereocenters. The number of amides is 2. The smallest absolute Gasteiger partial charge is 0.418 e. The van der Waals surface area contributed by atoms with Crippen LogP contribution in [0.2, 0.25) is 0 Å². The van der Waals surface area contributed by atoms with Crippen molar-refractivity contribution in [3.05, 3.63) is 94.0 Å². The van der Waals surface area contributed by atoms with Crippen LogP contribution in [0.5, 0.6) is 5.75 Å². The minimum absolute atomic E-state index is 0.272. The number of imide groups is 1. The minimum atomic E-state index is -4.78. The number of carbonyl (C=O) groups excluding carboxylic acids is 3. The number of benzene rings is 3. The summed E-state index contributed by atoms with van der Waals surface area (Å²) in [5.41, 5.74) is 0.137. The van der Waals surface area contributed by atoms with Crippen molar-refractivity contribution in [2.45, 2.75) is 18.3 Å². The second-order valence-corrected chi connectivity index (χ2v) is 10.4. The van der Waals surface area contributed by atoms with Crippen LogP contribution >= 0.6 is 15.9 Å². The molecular weight excluding hydrogens is 577 g/mol. The first-order valence-electron chi connectivity index (χ1n) is 12.1. The zero-order valence-electron chi connectivity index (χ0n) is 20.4. The Morgan fingerprint density at radius 3 is 2.28 bits per heavy atom. The van der Waals surface area contributed by atoms with Crippen molar-refractivity contribution in [1.29, 1.82) is 0 Å². The summed E-state index contributed by atoms with van der Waals surface area (Å²) in [5.74, 6) is -3.73. The van der Waals surface area contributed by atoms with Crippen molar-refractivity contribution < 1.29 is 32.3 Å². The molecule has 4 atom stereocenters. The Morgan fingerprint density at radius 1 is 0.923 bits per heavy atom. The molecule has 10 heteroatoms. The third kappa shape index (κ3) is 3.80. The summed E-state index contributed by atoms with van der Waals surface area (Å²) in [6.07, 6.45) is -1.22. The summed E-state index contributed by atoms with van der Waals surface area (Å²) in [5, 5.41) is 0. The number of hydrogen-bond donors (Lipinski definition) is 0. The maximum Gasteiger partial charge on any atom is 0.418 e. The summed E-state index contributed by atoms with van der Waals surface area (Å²) in [4.78, 5) is 44.3.